The van der Waals surface area contributed by atoms with Gasteiger partial charge in [-0.2, -0.15) is 10.3 Å². The Labute approximate surface area is 180 Å². The van der Waals surface area contributed by atoms with E-state index >= 15 is 0 Å². The summed E-state index contributed by atoms with van der Waals surface area (Å²) in [6.45, 7) is 7.09. The van der Waals surface area contributed by atoms with Crippen LogP contribution in [0.5, 0.6) is 0 Å². The molecule has 4 aromatic rings. The van der Waals surface area contributed by atoms with Gasteiger partial charge in [0.05, 0.1) is 6.54 Å². The van der Waals surface area contributed by atoms with Gasteiger partial charge in [0.2, 0.25) is 5.82 Å². The number of rotatable bonds is 6. The number of hydrogen-bond donors (Lipinski definition) is 1. The van der Waals surface area contributed by atoms with Gasteiger partial charge in [0.25, 0.3) is 0 Å². The molecule has 7 nitrogen and oxygen atoms in total. The summed E-state index contributed by atoms with van der Waals surface area (Å²) in [6.07, 6.45) is 0.594. The summed E-state index contributed by atoms with van der Waals surface area (Å²) < 4.78 is 1.98. The Balaban J connectivity index is 1.63. The van der Waals surface area contributed by atoms with Gasteiger partial charge in [0.1, 0.15) is 5.82 Å². The Kier molecular flexibility index (Phi) is 5.50. The molecule has 2 heterocycles. The van der Waals surface area contributed by atoms with E-state index in [1.165, 1.54) is 0 Å². The highest BCUT2D eigenvalue weighted by atomic mass is 32.1. The van der Waals surface area contributed by atoms with Gasteiger partial charge in [-0.3, -0.25) is 0 Å². The summed E-state index contributed by atoms with van der Waals surface area (Å²) in [4.78, 5) is 4.70. The third-order valence-electron chi connectivity index (χ3n) is 4.76. The van der Waals surface area contributed by atoms with Gasteiger partial charge in [0.15, 0.2) is 5.82 Å². The van der Waals surface area contributed by atoms with Gasteiger partial charge in [-0.15, -0.1) is 10.2 Å². The molecule has 0 aliphatic heterocycles. The van der Waals surface area contributed by atoms with Crippen LogP contribution < -0.4 is 0 Å². The monoisotopic (exact) mass is 417 g/mol. The van der Waals surface area contributed by atoms with Crippen molar-refractivity contribution < 1.29 is 0 Å². The molecule has 2 aromatic carbocycles. The zero-order valence-corrected chi connectivity index (χ0v) is 18.0. The van der Waals surface area contributed by atoms with Crippen LogP contribution in [-0.4, -0.2) is 40.8 Å². The van der Waals surface area contributed by atoms with Crippen molar-refractivity contribution in [2.24, 2.45) is 0 Å². The van der Waals surface area contributed by atoms with Gasteiger partial charge >= 0.3 is 0 Å². The quantitative estimate of drug-likeness (QED) is 0.477. The fourth-order valence-electron chi connectivity index (χ4n) is 3.38. The molecule has 0 unspecified atom stereocenters. The second kappa shape index (κ2) is 8.23. The standard InChI is InChI=1S/C22H23N7S/c1-22(2,3)21-23-19(12-13-30)26-29(21)14-15-8-10-16(11-9-15)17-6-4-5-7-18(17)20-24-27-28-25-20/h4-11,13H,12,14H2,1-3H3,(H,24,25,27,28). The van der Waals surface area contributed by atoms with E-state index in [0.717, 1.165) is 33.9 Å². The van der Waals surface area contributed by atoms with E-state index in [1.807, 2.05) is 22.9 Å². The van der Waals surface area contributed by atoms with Crippen molar-refractivity contribution in [3.8, 4) is 22.5 Å². The van der Waals surface area contributed by atoms with Crippen molar-refractivity contribution in [1.82, 2.24) is 35.4 Å². The van der Waals surface area contributed by atoms with Gasteiger partial charge in [-0.05, 0) is 27.3 Å². The number of aromatic nitrogens is 7. The van der Waals surface area contributed by atoms with E-state index < -0.39 is 0 Å². The normalized spacial score (nSPS) is 11.6. The highest BCUT2D eigenvalue weighted by Crippen LogP contribution is 2.30. The lowest BCUT2D eigenvalue weighted by molar-refractivity contribution is 0.490. The topological polar surface area (TPSA) is 85.2 Å². The van der Waals surface area contributed by atoms with E-state index in [9.17, 15) is 0 Å². The summed E-state index contributed by atoms with van der Waals surface area (Å²) in [5.41, 5.74) is 4.14. The molecule has 0 saturated carbocycles. The van der Waals surface area contributed by atoms with Gasteiger partial charge in [-0.1, -0.05) is 81.5 Å². The minimum atomic E-state index is -0.101. The fourth-order valence-corrected chi connectivity index (χ4v) is 3.53. The second-order valence-corrected chi connectivity index (χ2v) is 8.44. The third kappa shape index (κ3) is 4.18. The lowest BCUT2D eigenvalue weighted by Gasteiger charge is -2.18. The van der Waals surface area contributed by atoms with E-state index in [4.69, 9.17) is 17.2 Å². The number of nitrogens with one attached hydrogen (secondary N) is 1. The number of nitrogens with zero attached hydrogens (tertiary/aromatic N) is 6. The first kappa shape index (κ1) is 20.0. The van der Waals surface area contributed by atoms with Crippen LogP contribution in [0.2, 0.25) is 0 Å². The molecular formula is C22H23N7S. The molecule has 152 valence electrons. The zero-order chi connectivity index (χ0) is 21.1. The van der Waals surface area contributed by atoms with Crippen LogP contribution in [0.4, 0.5) is 0 Å². The molecule has 0 aliphatic rings. The van der Waals surface area contributed by atoms with Crippen LogP contribution in [0.15, 0.2) is 48.5 Å². The minimum absolute atomic E-state index is 0.101. The highest BCUT2D eigenvalue weighted by molar-refractivity contribution is 7.78. The first-order valence-corrected chi connectivity index (χ1v) is 10.2. The van der Waals surface area contributed by atoms with Gasteiger partial charge < -0.3 is 0 Å². The predicted molar refractivity (Wildman–Crippen MR) is 120 cm³/mol. The van der Waals surface area contributed by atoms with Crippen LogP contribution in [0.25, 0.3) is 22.5 Å². The Morgan fingerprint density at radius 2 is 1.77 bits per heavy atom. The number of thiocarbonyl (C=S) groups is 1. The molecule has 0 bridgehead atoms. The maximum Gasteiger partial charge on any atom is 0.205 e. The number of benzene rings is 2. The third-order valence-corrected chi connectivity index (χ3v) is 4.93. The molecule has 1 N–H and O–H groups in total. The van der Waals surface area contributed by atoms with Crippen LogP contribution in [0.1, 0.15) is 38.0 Å². The Morgan fingerprint density at radius 1 is 1.03 bits per heavy atom. The van der Waals surface area contributed by atoms with Crippen molar-refractivity contribution in [3.63, 3.8) is 0 Å². The smallest absolute Gasteiger partial charge is 0.205 e. The van der Waals surface area contributed by atoms with Crippen molar-refractivity contribution >= 4 is 17.6 Å². The maximum atomic E-state index is 4.98. The SMILES string of the molecule is CC(C)(C)c1nc(CC=S)nn1Cc1ccc(-c2ccccc2-c2nn[nH]n2)cc1. The molecule has 0 fully saturated rings. The van der Waals surface area contributed by atoms with Crippen molar-refractivity contribution in [1.29, 1.82) is 0 Å². The maximum absolute atomic E-state index is 4.98. The first-order chi connectivity index (χ1) is 14.5. The minimum Gasteiger partial charge on any atom is -0.245 e. The summed E-state index contributed by atoms with van der Waals surface area (Å²) in [5.74, 6) is 2.31. The molecule has 0 spiro atoms. The van der Waals surface area contributed by atoms with Crippen molar-refractivity contribution in [2.75, 3.05) is 0 Å². The molecule has 8 heteroatoms. The van der Waals surface area contributed by atoms with Gasteiger partial charge in [-0.25, -0.2) is 9.67 Å². The first-order valence-electron chi connectivity index (χ1n) is 9.75. The van der Waals surface area contributed by atoms with E-state index in [-0.39, 0.29) is 5.41 Å². The largest absolute Gasteiger partial charge is 0.245 e. The Morgan fingerprint density at radius 3 is 2.40 bits per heavy atom. The van der Waals surface area contributed by atoms with Crippen LogP contribution in [-0.2, 0) is 18.4 Å². The van der Waals surface area contributed by atoms with Crippen LogP contribution in [0.3, 0.4) is 0 Å². The Hall–Kier alpha value is -3.26. The average Bonchev–Trinajstić information content (AvgIpc) is 3.39. The lowest BCUT2D eigenvalue weighted by Crippen LogP contribution is -2.20. The number of H-pyrrole nitrogens is 1. The number of hydrogen-bond acceptors (Lipinski definition) is 6. The number of aromatic amines is 1. The molecular weight excluding hydrogens is 394 g/mol. The molecule has 4 rings (SSSR count). The number of tetrazole rings is 1. The van der Waals surface area contributed by atoms with Crippen molar-refractivity contribution in [3.05, 3.63) is 65.7 Å². The van der Waals surface area contributed by atoms with Gasteiger partial charge in [0, 0.05) is 17.4 Å². The molecule has 0 aliphatic carbocycles. The summed E-state index contributed by atoms with van der Waals surface area (Å²) in [7, 11) is 0. The molecule has 2 aromatic heterocycles. The van der Waals surface area contributed by atoms with E-state index in [1.54, 1.807) is 5.37 Å². The van der Waals surface area contributed by atoms with E-state index in [0.29, 0.717) is 18.8 Å². The second-order valence-electron chi connectivity index (χ2n) is 8.11. The fraction of sp³-hybridized carbons (Fsp3) is 0.273. The summed E-state index contributed by atoms with van der Waals surface area (Å²) >= 11 is 4.98. The average molecular weight is 418 g/mol. The molecule has 30 heavy (non-hydrogen) atoms. The molecule has 0 saturated heterocycles. The zero-order valence-electron chi connectivity index (χ0n) is 17.2. The molecule has 0 atom stereocenters. The Bertz CT molecular complexity index is 1140. The summed E-state index contributed by atoms with van der Waals surface area (Å²) in [6, 6.07) is 16.5. The molecule has 0 amide bonds. The molecule has 0 radical (unpaired) electrons. The van der Waals surface area contributed by atoms with E-state index in [2.05, 4.69) is 76.8 Å². The van der Waals surface area contributed by atoms with Crippen LogP contribution in [0, 0.1) is 0 Å². The lowest BCUT2D eigenvalue weighted by atomic mass is 9.95. The van der Waals surface area contributed by atoms with Crippen molar-refractivity contribution in [2.45, 2.75) is 39.2 Å². The summed E-state index contributed by atoms with van der Waals surface area (Å²) in [5, 5.41) is 20.8. The predicted octanol–water partition coefficient (Wildman–Crippen LogP) is 4.01. The van der Waals surface area contributed by atoms with Crippen LogP contribution >= 0.6 is 12.2 Å². The highest BCUT2D eigenvalue weighted by Gasteiger charge is 2.23.